The first-order chi connectivity index (χ1) is 14.8. The van der Waals surface area contributed by atoms with Gasteiger partial charge in [-0.1, -0.05) is 11.2 Å². The van der Waals surface area contributed by atoms with Gasteiger partial charge in [-0.25, -0.2) is 8.42 Å². The third kappa shape index (κ3) is 4.21. The Morgan fingerprint density at radius 3 is 2.61 bits per heavy atom. The van der Waals surface area contributed by atoms with E-state index in [4.69, 9.17) is 9.26 Å². The van der Waals surface area contributed by atoms with Crippen molar-refractivity contribution in [3.05, 3.63) is 40.8 Å². The lowest BCUT2D eigenvalue weighted by atomic mass is 9.80. The second-order valence-corrected chi connectivity index (χ2v) is 10.2. The number of benzene rings is 1. The number of sulfonamides is 1. The van der Waals surface area contributed by atoms with Gasteiger partial charge in [0.2, 0.25) is 15.9 Å². The maximum atomic E-state index is 13.0. The van der Waals surface area contributed by atoms with Crippen molar-refractivity contribution in [1.29, 1.82) is 0 Å². The van der Waals surface area contributed by atoms with E-state index in [0.717, 1.165) is 25.0 Å². The molecule has 1 unspecified atom stereocenters. The van der Waals surface area contributed by atoms with Gasteiger partial charge in [0.25, 0.3) is 0 Å². The first kappa shape index (κ1) is 21.8. The van der Waals surface area contributed by atoms with Gasteiger partial charge < -0.3 is 14.2 Å². The van der Waals surface area contributed by atoms with Crippen molar-refractivity contribution < 1.29 is 22.5 Å². The minimum atomic E-state index is -3.68. The van der Waals surface area contributed by atoms with Crippen LogP contribution < -0.4 is 4.74 Å². The van der Waals surface area contributed by atoms with E-state index < -0.39 is 10.0 Å². The number of hydrogen-bond donors (Lipinski definition) is 0. The van der Waals surface area contributed by atoms with Crippen LogP contribution in [0.5, 0.6) is 5.75 Å². The summed E-state index contributed by atoms with van der Waals surface area (Å²) in [5, 5.41) is 3.76. The normalized spacial score (nSPS) is 19.8. The van der Waals surface area contributed by atoms with Crippen LogP contribution in [-0.2, 0) is 21.2 Å². The minimum Gasteiger partial charge on any atom is -0.497 e. The number of carbonyl (C=O) groups excluding carboxylic acids is 1. The smallest absolute Gasteiger partial charge is 0.248 e. The molecule has 0 spiro atoms. The molecule has 31 heavy (non-hydrogen) atoms. The summed E-state index contributed by atoms with van der Waals surface area (Å²) in [6.07, 6.45) is 3.51. The van der Waals surface area contributed by atoms with Gasteiger partial charge in [0.15, 0.2) is 5.76 Å². The van der Waals surface area contributed by atoms with Crippen molar-refractivity contribution in [3.63, 3.8) is 0 Å². The van der Waals surface area contributed by atoms with E-state index in [9.17, 15) is 13.2 Å². The van der Waals surface area contributed by atoms with Crippen molar-refractivity contribution in [2.75, 3.05) is 33.3 Å². The van der Waals surface area contributed by atoms with Gasteiger partial charge in [-0.05, 0) is 62.3 Å². The van der Waals surface area contributed by atoms with E-state index in [-0.39, 0.29) is 29.8 Å². The molecule has 0 saturated carbocycles. The minimum absolute atomic E-state index is 0.0862. The van der Waals surface area contributed by atoms with Crippen LogP contribution in [0.25, 0.3) is 0 Å². The van der Waals surface area contributed by atoms with Gasteiger partial charge in [0.1, 0.15) is 16.3 Å². The van der Waals surface area contributed by atoms with Crippen LogP contribution in [0.4, 0.5) is 0 Å². The highest BCUT2D eigenvalue weighted by Gasteiger charge is 2.35. The van der Waals surface area contributed by atoms with E-state index in [2.05, 4.69) is 17.3 Å². The predicted octanol–water partition coefficient (Wildman–Crippen LogP) is 2.64. The molecule has 1 aromatic carbocycles. The molecule has 4 rings (SSSR count). The molecule has 1 aliphatic heterocycles. The Balaban J connectivity index is 1.40. The Labute approximate surface area is 183 Å². The maximum Gasteiger partial charge on any atom is 0.248 e. The zero-order valence-electron chi connectivity index (χ0n) is 18.3. The quantitative estimate of drug-likeness (QED) is 0.700. The molecule has 9 heteroatoms. The molecule has 2 aliphatic rings. The number of amides is 1. The van der Waals surface area contributed by atoms with Crippen LogP contribution in [-0.4, -0.2) is 62.0 Å². The second kappa shape index (κ2) is 8.63. The fraction of sp³-hybridized carbons (Fsp3) is 0.545. The number of fused-ring (bicyclic) bond motifs is 1. The summed E-state index contributed by atoms with van der Waals surface area (Å²) in [7, 11) is -2.01. The Kier molecular flexibility index (Phi) is 6.07. The van der Waals surface area contributed by atoms with Crippen LogP contribution >= 0.6 is 0 Å². The van der Waals surface area contributed by atoms with Crippen LogP contribution in [0.15, 0.2) is 27.6 Å². The van der Waals surface area contributed by atoms with Gasteiger partial charge in [-0.15, -0.1) is 0 Å². The molecule has 1 amide bonds. The summed E-state index contributed by atoms with van der Waals surface area (Å²) in [5.74, 6) is 1.43. The molecule has 0 N–H and O–H groups in total. The summed E-state index contributed by atoms with van der Waals surface area (Å²) in [4.78, 5) is 14.9. The third-order valence-corrected chi connectivity index (χ3v) is 8.51. The summed E-state index contributed by atoms with van der Waals surface area (Å²) >= 11 is 0. The highest BCUT2D eigenvalue weighted by Crippen LogP contribution is 2.36. The Hall–Kier alpha value is -2.39. The van der Waals surface area contributed by atoms with Gasteiger partial charge in [-0.3, -0.25) is 4.79 Å². The molecular weight excluding hydrogens is 418 g/mol. The molecule has 2 heterocycles. The number of hydrogen-bond acceptors (Lipinski definition) is 6. The van der Waals surface area contributed by atoms with Crippen LogP contribution in [0.1, 0.15) is 47.8 Å². The van der Waals surface area contributed by atoms with Crippen molar-refractivity contribution in [1.82, 2.24) is 14.4 Å². The average Bonchev–Trinajstić information content (AvgIpc) is 3.12. The molecule has 8 nitrogen and oxygen atoms in total. The molecule has 1 fully saturated rings. The molecule has 0 bridgehead atoms. The molecule has 168 valence electrons. The lowest BCUT2D eigenvalue weighted by molar-refractivity contribution is -0.132. The first-order valence-corrected chi connectivity index (χ1v) is 12.1. The molecule has 0 radical (unpaired) electrons. The van der Waals surface area contributed by atoms with E-state index in [0.29, 0.717) is 31.0 Å². The van der Waals surface area contributed by atoms with Gasteiger partial charge in [0.05, 0.1) is 7.11 Å². The molecule has 1 aromatic heterocycles. The highest BCUT2D eigenvalue weighted by molar-refractivity contribution is 7.89. The SMILES string of the molecule is COc1ccc2c(c1)CCCC2CC(=O)N1CCN(S(=O)(=O)c2c(C)noc2C)CC1. The predicted molar refractivity (Wildman–Crippen MR) is 115 cm³/mol. The zero-order valence-corrected chi connectivity index (χ0v) is 19.1. The average molecular weight is 448 g/mol. The monoisotopic (exact) mass is 447 g/mol. The third-order valence-electron chi connectivity index (χ3n) is 6.37. The van der Waals surface area contributed by atoms with E-state index in [1.54, 1.807) is 25.9 Å². The van der Waals surface area contributed by atoms with E-state index >= 15 is 0 Å². The van der Waals surface area contributed by atoms with Crippen molar-refractivity contribution in [2.24, 2.45) is 0 Å². The van der Waals surface area contributed by atoms with Crippen molar-refractivity contribution >= 4 is 15.9 Å². The molecule has 2 aromatic rings. The number of carbonyl (C=O) groups is 1. The Morgan fingerprint density at radius 2 is 1.97 bits per heavy atom. The molecule has 1 aliphatic carbocycles. The van der Waals surface area contributed by atoms with Crippen molar-refractivity contribution in [3.8, 4) is 5.75 Å². The topological polar surface area (TPSA) is 93.0 Å². The number of piperazine rings is 1. The largest absolute Gasteiger partial charge is 0.497 e. The number of rotatable bonds is 5. The summed E-state index contributed by atoms with van der Waals surface area (Å²) in [6.45, 7) is 4.56. The standard InChI is InChI=1S/C22H29N3O5S/c1-15-22(16(2)30-23-15)31(27,28)25-11-9-24(10-12-25)21(26)14-18-6-4-5-17-13-19(29-3)7-8-20(17)18/h7-8,13,18H,4-6,9-12,14H2,1-3H3. The number of methoxy groups -OCH3 is 1. The fourth-order valence-corrected chi connectivity index (χ4v) is 6.43. The van der Waals surface area contributed by atoms with Crippen LogP contribution in [0, 0.1) is 13.8 Å². The summed E-state index contributed by atoms with van der Waals surface area (Å²) in [5.41, 5.74) is 2.86. The number of aromatic nitrogens is 1. The van der Waals surface area contributed by atoms with Crippen LogP contribution in [0.2, 0.25) is 0 Å². The Bertz CT molecular complexity index is 1050. The lowest BCUT2D eigenvalue weighted by Crippen LogP contribution is -2.50. The van der Waals surface area contributed by atoms with Crippen molar-refractivity contribution in [2.45, 2.75) is 50.3 Å². The first-order valence-electron chi connectivity index (χ1n) is 10.7. The summed E-state index contributed by atoms with van der Waals surface area (Å²) in [6, 6.07) is 6.11. The lowest BCUT2D eigenvalue weighted by Gasteiger charge is -2.35. The van der Waals surface area contributed by atoms with Gasteiger partial charge in [0, 0.05) is 32.6 Å². The molecule has 1 atom stereocenters. The number of ether oxygens (including phenoxy) is 1. The zero-order chi connectivity index (χ0) is 22.2. The molecule has 1 saturated heterocycles. The maximum absolute atomic E-state index is 13.0. The van der Waals surface area contributed by atoms with E-state index in [1.165, 1.54) is 15.4 Å². The van der Waals surface area contributed by atoms with Crippen LogP contribution in [0.3, 0.4) is 0 Å². The van der Waals surface area contributed by atoms with Gasteiger partial charge in [-0.2, -0.15) is 4.31 Å². The van der Waals surface area contributed by atoms with E-state index in [1.807, 2.05) is 6.07 Å². The Morgan fingerprint density at radius 1 is 1.23 bits per heavy atom. The second-order valence-electron chi connectivity index (χ2n) is 8.30. The fourth-order valence-electron chi connectivity index (χ4n) is 4.72. The number of aryl methyl sites for hydroxylation is 3. The highest BCUT2D eigenvalue weighted by atomic mass is 32.2. The molecular formula is C22H29N3O5S. The number of nitrogens with zero attached hydrogens (tertiary/aromatic N) is 3. The summed E-state index contributed by atoms with van der Waals surface area (Å²) < 4.78 is 37.8. The van der Waals surface area contributed by atoms with Gasteiger partial charge >= 0.3 is 0 Å².